The van der Waals surface area contributed by atoms with Crippen LogP contribution >= 0.6 is 0 Å². The predicted octanol–water partition coefficient (Wildman–Crippen LogP) is 4.92. The van der Waals surface area contributed by atoms with Crippen molar-refractivity contribution >= 4 is 18.3 Å². The molecule has 0 saturated heterocycles. The molecule has 192 valence electrons. The number of hydrogen-bond donors (Lipinski definition) is 1. The van der Waals surface area contributed by atoms with Gasteiger partial charge in [-0.2, -0.15) is 0 Å². The van der Waals surface area contributed by atoms with Crippen LogP contribution in [0.1, 0.15) is 45.4 Å². The van der Waals surface area contributed by atoms with E-state index < -0.39 is 0 Å². The number of aromatic nitrogens is 3. The summed E-state index contributed by atoms with van der Waals surface area (Å²) < 4.78 is 11.5. The minimum Gasteiger partial charge on any atom is -0.491 e. The van der Waals surface area contributed by atoms with Crippen LogP contribution in [0.5, 0.6) is 5.75 Å². The Balaban J connectivity index is 0.00000124. The fourth-order valence-electron chi connectivity index (χ4n) is 4.82. The molecule has 0 spiro atoms. The summed E-state index contributed by atoms with van der Waals surface area (Å²) in [6.45, 7) is 12.0. The Kier molecular flexibility index (Phi) is 8.15. The van der Waals surface area contributed by atoms with Crippen molar-refractivity contribution in [2.45, 2.75) is 46.6 Å². The van der Waals surface area contributed by atoms with E-state index in [0.29, 0.717) is 19.9 Å². The lowest BCUT2D eigenvalue weighted by atomic mass is 9.76. The maximum atomic E-state index is 8.00. The number of ether oxygens (including phenoxy) is 2. The van der Waals surface area contributed by atoms with Gasteiger partial charge in [-0.15, -0.1) is 0 Å². The molecule has 8 nitrogen and oxygen atoms in total. The van der Waals surface area contributed by atoms with Gasteiger partial charge in [0, 0.05) is 43.2 Å². The van der Waals surface area contributed by atoms with Crippen LogP contribution in [0.25, 0.3) is 11.1 Å². The van der Waals surface area contributed by atoms with Gasteiger partial charge < -0.3 is 24.5 Å². The fraction of sp³-hybridized carbons (Fsp3) is 0.429. The zero-order chi connectivity index (χ0) is 25.5. The number of anilines is 2. The third-order valence-corrected chi connectivity index (χ3v) is 6.70. The number of carbonyl (C=O) groups is 1. The van der Waals surface area contributed by atoms with Crippen molar-refractivity contribution in [2.24, 2.45) is 5.41 Å². The second-order valence-electron chi connectivity index (χ2n) is 9.83. The number of aryl methyl sites for hydroxylation is 1. The molecule has 1 aliphatic carbocycles. The molecule has 0 saturated carbocycles. The molecule has 2 aromatic heterocycles. The largest absolute Gasteiger partial charge is 0.491 e. The van der Waals surface area contributed by atoms with Crippen LogP contribution in [0.2, 0.25) is 0 Å². The Morgan fingerprint density at radius 3 is 2.89 bits per heavy atom. The SMILES string of the molecule is C=O.CCOCNc1cncc(-c2ccc3c(c2)CN(c2ncnc4c2CC(C)(C)CC4)CCO3)c1.[HH]. The van der Waals surface area contributed by atoms with Crippen LogP contribution < -0.4 is 15.0 Å². The van der Waals surface area contributed by atoms with Crippen molar-refractivity contribution in [2.75, 3.05) is 36.7 Å². The summed E-state index contributed by atoms with van der Waals surface area (Å²) in [5, 5.41) is 3.26. The van der Waals surface area contributed by atoms with E-state index in [0.717, 1.165) is 66.3 Å². The number of nitrogens with one attached hydrogen (secondary N) is 1. The highest BCUT2D eigenvalue weighted by Gasteiger charge is 2.30. The number of nitrogens with zero attached hydrogens (tertiary/aromatic N) is 4. The van der Waals surface area contributed by atoms with Crippen LogP contribution in [0.15, 0.2) is 43.0 Å². The summed E-state index contributed by atoms with van der Waals surface area (Å²) in [7, 11) is 0. The number of fused-ring (bicyclic) bond motifs is 2. The van der Waals surface area contributed by atoms with E-state index in [4.69, 9.17) is 19.3 Å². The molecule has 2 aliphatic rings. The Labute approximate surface area is 214 Å². The minimum absolute atomic E-state index is 0. The van der Waals surface area contributed by atoms with Gasteiger partial charge in [0.2, 0.25) is 0 Å². The lowest BCUT2D eigenvalue weighted by molar-refractivity contribution is -0.0980. The molecule has 0 amide bonds. The van der Waals surface area contributed by atoms with Crippen LogP contribution in [0, 0.1) is 5.41 Å². The van der Waals surface area contributed by atoms with E-state index in [-0.39, 0.29) is 6.84 Å². The number of rotatable bonds is 6. The topological polar surface area (TPSA) is 89.5 Å². The smallest absolute Gasteiger partial charge is 0.135 e. The Morgan fingerprint density at radius 1 is 1.19 bits per heavy atom. The monoisotopic (exact) mass is 491 g/mol. The number of hydrogen-bond acceptors (Lipinski definition) is 8. The van der Waals surface area contributed by atoms with E-state index >= 15 is 0 Å². The van der Waals surface area contributed by atoms with Crippen LogP contribution in [0.4, 0.5) is 11.5 Å². The van der Waals surface area contributed by atoms with Gasteiger partial charge in [0.25, 0.3) is 0 Å². The molecule has 0 bridgehead atoms. The van der Waals surface area contributed by atoms with Crippen LogP contribution in [0.3, 0.4) is 0 Å². The van der Waals surface area contributed by atoms with Crippen molar-refractivity contribution < 1.29 is 15.7 Å². The molecule has 0 radical (unpaired) electrons. The lowest BCUT2D eigenvalue weighted by Crippen LogP contribution is -2.31. The predicted molar refractivity (Wildman–Crippen MR) is 143 cm³/mol. The first-order valence-electron chi connectivity index (χ1n) is 12.4. The van der Waals surface area contributed by atoms with E-state index in [9.17, 15) is 0 Å². The average Bonchev–Trinajstić information content (AvgIpc) is 3.11. The molecule has 0 fully saturated rings. The molecule has 3 heterocycles. The molecule has 0 unspecified atom stereocenters. The van der Waals surface area contributed by atoms with Crippen molar-refractivity contribution in [3.8, 4) is 16.9 Å². The molecule has 3 aromatic rings. The molecule has 36 heavy (non-hydrogen) atoms. The van der Waals surface area contributed by atoms with Gasteiger partial charge in [0.05, 0.1) is 18.4 Å². The molecule has 1 N–H and O–H groups in total. The van der Waals surface area contributed by atoms with Crippen molar-refractivity contribution in [1.82, 2.24) is 15.0 Å². The Bertz CT molecular complexity index is 1190. The summed E-state index contributed by atoms with van der Waals surface area (Å²) in [5.74, 6) is 2.00. The summed E-state index contributed by atoms with van der Waals surface area (Å²) in [5.41, 5.74) is 7.04. The molecular formula is C28H37N5O3. The summed E-state index contributed by atoms with van der Waals surface area (Å²) in [6.07, 6.45) is 8.63. The second-order valence-corrected chi connectivity index (χ2v) is 9.83. The summed E-state index contributed by atoms with van der Waals surface area (Å²) in [6, 6.07) is 8.50. The first-order valence-corrected chi connectivity index (χ1v) is 12.4. The molecule has 8 heteroatoms. The van der Waals surface area contributed by atoms with Gasteiger partial charge >= 0.3 is 0 Å². The standard InChI is InChI=1S/C27H33N5O2.CH2O.H2/c1-4-33-18-31-22-12-20(14-28-15-22)19-5-6-25-21(11-19)16-32(9-10-34-25)26-23-13-27(2,3)8-7-24(23)29-17-30-26;1-2;/h5-6,11-12,14-15,17,31H,4,7-10,13,16,18H2,1-3H3;1H2;1H. The maximum Gasteiger partial charge on any atom is 0.135 e. The zero-order valence-corrected chi connectivity index (χ0v) is 21.4. The molecule has 5 rings (SSSR count). The van der Waals surface area contributed by atoms with Crippen molar-refractivity contribution in [1.29, 1.82) is 0 Å². The summed E-state index contributed by atoms with van der Waals surface area (Å²) in [4.78, 5) is 24.1. The first-order chi connectivity index (χ1) is 17.5. The normalized spacial score (nSPS) is 15.9. The van der Waals surface area contributed by atoms with Crippen LogP contribution in [-0.2, 0) is 28.9 Å². The highest BCUT2D eigenvalue weighted by atomic mass is 16.5. The van der Waals surface area contributed by atoms with Crippen molar-refractivity contribution in [3.05, 3.63) is 59.8 Å². The summed E-state index contributed by atoms with van der Waals surface area (Å²) >= 11 is 0. The Hall–Kier alpha value is -3.52. The first kappa shape index (κ1) is 25.6. The third kappa shape index (κ3) is 5.82. The number of carbonyl (C=O) groups excluding carboxylic acids is 1. The van der Waals surface area contributed by atoms with Gasteiger partial charge in [0.1, 0.15) is 38.0 Å². The van der Waals surface area contributed by atoms with E-state index in [1.54, 1.807) is 6.33 Å². The molecular weight excluding hydrogens is 454 g/mol. The average molecular weight is 492 g/mol. The van der Waals surface area contributed by atoms with Gasteiger partial charge in [-0.3, -0.25) is 4.98 Å². The van der Waals surface area contributed by atoms with Crippen LogP contribution in [-0.4, -0.2) is 48.2 Å². The third-order valence-electron chi connectivity index (χ3n) is 6.70. The minimum atomic E-state index is 0. The maximum absolute atomic E-state index is 8.00. The molecule has 1 aromatic carbocycles. The van der Waals surface area contributed by atoms with Crippen molar-refractivity contribution in [3.63, 3.8) is 0 Å². The second kappa shape index (κ2) is 11.5. The zero-order valence-electron chi connectivity index (χ0n) is 21.4. The highest BCUT2D eigenvalue weighted by molar-refractivity contribution is 5.69. The van der Waals surface area contributed by atoms with E-state index in [1.165, 1.54) is 11.3 Å². The van der Waals surface area contributed by atoms with Gasteiger partial charge in [-0.25, -0.2) is 9.97 Å². The number of pyridine rings is 1. The quantitative estimate of drug-likeness (QED) is 0.384. The van der Waals surface area contributed by atoms with E-state index in [1.807, 2.05) is 26.1 Å². The molecule has 0 atom stereocenters. The molecule has 1 aliphatic heterocycles. The van der Waals surface area contributed by atoms with E-state index in [2.05, 4.69) is 58.3 Å². The Morgan fingerprint density at radius 2 is 2.06 bits per heavy atom. The highest BCUT2D eigenvalue weighted by Crippen LogP contribution is 2.38. The lowest BCUT2D eigenvalue weighted by Gasteiger charge is -2.33. The fourth-order valence-corrected chi connectivity index (χ4v) is 4.82. The number of benzene rings is 1. The van der Waals surface area contributed by atoms with Gasteiger partial charge in [0.15, 0.2) is 0 Å². The van der Waals surface area contributed by atoms with Gasteiger partial charge in [-0.1, -0.05) is 19.9 Å². The van der Waals surface area contributed by atoms with Gasteiger partial charge in [-0.05, 0) is 55.4 Å².